The van der Waals surface area contributed by atoms with Gasteiger partial charge in [0.15, 0.2) is 11.3 Å². The molecule has 162 valence electrons. The number of aromatic nitrogens is 2. The Morgan fingerprint density at radius 1 is 1.25 bits per heavy atom. The Morgan fingerprint density at radius 2 is 2.09 bits per heavy atom. The van der Waals surface area contributed by atoms with Gasteiger partial charge in [0.2, 0.25) is 11.7 Å². The van der Waals surface area contributed by atoms with E-state index in [2.05, 4.69) is 22.1 Å². The smallest absolute Gasteiger partial charge is 0.347 e. The number of fused-ring (bicyclic) bond motifs is 2. The van der Waals surface area contributed by atoms with E-state index in [9.17, 15) is 9.59 Å². The third kappa shape index (κ3) is 3.56. The van der Waals surface area contributed by atoms with E-state index in [-0.39, 0.29) is 23.8 Å². The Kier molecular flexibility index (Phi) is 5.23. The zero-order valence-corrected chi connectivity index (χ0v) is 17.8. The zero-order chi connectivity index (χ0) is 22.1. The van der Waals surface area contributed by atoms with Crippen LogP contribution in [0, 0.1) is 0 Å². The molecule has 0 atom stereocenters. The van der Waals surface area contributed by atoms with Crippen molar-refractivity contribution in [3.63, 3.8) is 0 Å². The molecule has 7 heteroatoms. The van der Waals surface area contributed by atoms with Crippen LogP contribution in [0.4, 0.5) is 0 Å². The van der Waals surface area contributed by atoms with Gasteiger partial charge in [-0.15, -0.1) is 0 Å². The lowest BCUT2D eigenvalue weighted by molar-refractivity contribution is -0.139. The third-order valence-corrected chi connectivity index (χ3v) is 5.76. The van der Waals surface area contributed by atoms with E-state index in [0.717, 1.165) is 29.4 Å². The normalized spacial score (nSPS) is 17.5. The summed E-state index contributed by atoms with van der Waals surface area (Å²) < 4.78 is 11.3. The van der Waals surface area contributed by atoms with Crippen molar-refractivity contribution >= 4 is 28.9 Å². The summed E-state index contributed by atoms with van der Waals surface area (Å²) in [5, 5.41) is 0.867. The van der Waals surface area contributed by atoms with Gasteiger partial charge in [-0.3, -0.25) is 4.79 Å². The molecule has 7 nitrogen and oxygen atoms in total. The Bertz CT molecular complexity index is 1270. The Hall–Kier alpha value is -3.87. The second kappa shape index (κ2) is 8.34. The fourth-order valence-corrected chi connectivity index (χ4v) is 4.23. The number of benzene rings is 1. The molecule has 3 aromatic rings. The van der Waals surface area contributed by atoms with Crippen LogP contribution in [0.2, 0.25) is 0 Å². The Labute approximate surface area is 185 Å². The van der Waals surface area contributed by atoms with E-state index >= 15 is 0 Å². The highest BCUT2D eigenvalue weighted by atomic mass is 16.5. The number of Topliss-reactive ketones (excluding diaryl/α,β-unsaturated/α-hetero) is 1. The highest BCUT2D eigenvalue weighted by Gasteiger charge is 2.39. The first-order valence-corrected chi connectivity index (χ1v) is 10.7. The summed E-state index contributed by atoms with van der Waals surface area (Å²) in [6, 6.07) is 12.0. The van der Waals surface area contributed by atoms with Crippen molar-refractivity contribution in [3.8, 4) is 0 Å². The van der Waals surface area contributed by atoms with Crippen molar-refractivity contribution in [1.82, 2.24) is 14.9 Å². The number of carbonyl (C=O) groups excluding carboxylic acids is 2. The van der Waals surface area contributed by atoms with Crippen LogP contribution >= 0.6 is 0 Å². The molecule has 0 saturated carbocycles. The number of ketones is 1. The standard InChI is InChI=1S/C25H23N3O4/c1-2-31-25(30)21-22(29)20(13-18-14-27-23-19(18)10-5-11-26-23)32-24(21)28-12-6-9-16-7-3-4-8-17(16)15-28/h3-5,7-8,10-11,13-14H,2,6,9,12,15H2,1H3,(H,26,27)/b20-13-. The van der Waals surface area contributed by atoms with Gasteiger partial charge in [0.1, 0.15) is 5.65 Å². The fourth-order valence-electron chi connectivity index (χ4n) is 4.23. The lowest BCUT2D eigenvalue weighted by atomic mass is 10.0. The quantitative estimate of drug-likeness (QED) is 0.387. The topological polar surface area (TPSA) is 84.5 Å². The van der Waals surface area contributed by atoms with Crippen molar-refractivity contribution in [2.24, 2.45) is 0 Å². The molecule has 5 rings (SSSR count). The second-order valence-corrected chi connectivity index (χ2v) is 7.78. The van der Waals surface area contributed by atoms with Crippen molar-refractivity contribution in [2.75, 3.05) is 13.2 Å². The van der Waals surface area contributed by atoms with Gasteiger partial charge < -0.3 is 19.4 Å². The first kappa shape index (κ1) is 20.1. The number of ether oxygens (including phenoxy) is 2. The number of hydrogen-bond acceptors (Lipinski definition) is 6. The van der Waals surface area contributed by atoms with Crippen LogP contribution in [0.15, 0.2) is 66.0 Å². The zero-order valence-electron chi connectivity index (χ0n) is 17.8. The Balaban J connectivity index is 1.53. The molecule has 2 aromatic heterocycles. The van der Waals surface area contributed by atoms with Gasteiger partial charge in [-0.1, -0.05) is 24.3 Å². The molecule has 2 aliphatic rings. The molecular formula is C25H23N3O4. The molecular weight excluding hydrogens is 406 g/mol. The van der Waals surface area contributed by atoms with Crippen LogP contribution in [-0.2, 0) is 32.0 Å². The number of allylic oxidation sites excluding steroid dienone is 1. The van der Waals surface area contributed by atoms with Gasteiger partial charge in [-0.05, 0) is 49.1 Å². The maximum atomic E-state index is 13.3. The molecule has 0 saturated heterocycles. The molecule has 0 spiro atoms. The molecule has 32 heavy (non-hydrogen) atoms. The predicted molar refractivity (Wildman–Crippen MR) is 119 cm³/mol. The van der Waals surface area contributed by atoms with Crippen LogP contribution in [0.1, 0.15) is 30.0 Å². The number of hydrogen-bond donors (Lipinski definition) is 1. The molecule has 0 aliphatic carbocycles. The average molecular weight is 429 g/mol. The average Bonchev–Trinajstić information content (AvgIpc) is 3.27. The van der Waals surface area contributed by atoms with E-state index in [0.29, 0.717) is 18.7 Å². The number of rotatable bonds is 4. The minimum atomic E-state index is -0.658. The third-order valence-electron chi connectivity index (χ3n) is 5.76. The largest absolute Gasteiger partial charge is 0.462 e. The number of H-pyrrole nitrogens is 1. The van der Waals surface area contributed by atoms with E-state index in [1.165, 1.54) is 5.56 Å². The van der Waals surface area contributed by atoms with Gasteiger partial charge in [0.25, 0.3) is 0 Å². The van der Waals surface area contributed by atoms with Crippen LogP contribution in [0.5, 0.6) is 0 Å². The van der Waals surface area contributed by atoms with E-state index in [1.54, 1.807) is 25.4 Å². The molecule has 1 aromatic carbocycles. The molecule has 0 radical (unpaired) electrons. The maximum absolute atomic E-state index is 13.3. The molecule has 4 heterocycles. The van der Waals surface area contributed by atoms with E-state index in [1.807, 2.05) is 29.2 Å². The van der Waals surface area contributed by atoms with Gasteiger partial charge >= 0.3 is 5.97 Å². The van der Waals surface area contributed by atoms with E-state index in [4.69, 9.17) is 9.47 Å². The van der Waals surface area contributed by atoms with Gasteiger partial charge in [-0.2, -0.15) is 0 Å². The second-order valence-electron chi connectivity index (χ2n) is 7.78. The summed E-state index contributed by atoms with van der Waals surface area (Å²) in [5.74, 6) is -0.747. The van der Waals surface area contributed by atoms with Crippen LogP contribution < -0.4 is 0 Å². The summed E-state index contributed by atoms with van der Waals surface area (Å²) in [5.41, 5.74) is 3.88. The minimum absolute atomic E-state index is 0.0459. The van der Waals surface area contributed by atoms with Crippen molar-refractivity contribution < 1.29 is 19.1 Å². The number of aryl methyl sites for hydroxylation is 1. The summed E-state index contributed by atoms with van der Waals surface area (Å²) in [6.45, 7) is 3.13. The summed E-state index contributed by atoms with van der Waals surface area (Å²) in [4.78, 5) is 35.3. The fraction of sp³-hybridized carbons (Fsp3) is 0.240. The first-order valence-electron chi connectivity index (χ1n) is 10.7. The van der Waals surface area contributed by atoms with Crippen molar-refractivity contribution in [2.45, 2.75) is 26.3 Å². The molecule has 2 aliphatic heterocycles. The summed E-state index contributed by atoms with van der Waals surface area (Å²) in [7, 11) is 0. The van der Waals surface area contributed by atoms with E-state index < -0.39 is 11.8 Å². The highest BCUT2D eigenvalue weighted by Crippen LogP contribution is 2.33. The van der Waals surface area contributed by atoms with Crippen LogP contribution in [0.25, 0.3) is 17.1 Å². The van der Waals surface area contributed by atoms with Gasteiger partial charge in [0.05, 0.1) is 6.61 Å². The number of nitrogens with one attached hydrogen (secondary N) is 1. The number of esters is 1. The van der Waals surface area contributed by atoms with Gasteiger partial charge in [0, 0.05) is 36.4 Å². The number of pyridine rings is 1. The van der Waals surface area contributed by atoms with Crippen LogP contribution in [0.3, 0.4) is 0 Å². The SMILES string of the molecule is CCOC(=O)C1=C(N2CCCc3ccccc3C2)O/C(=C\c2c[nH]c3ncccc23)C1=O. The predicted octanol–water partition coefficient (Wildman–Crippen LogP) is 3.73. The lowest BCUT2D eigenvalue weighted by Crippen LogP contribution is -2.26. The van der Waals surface area contributed by atoms with Gasteiger partial charge in [-0.25, -0.2) is 9.78 Å². The molecule has 1 N–H and O–H groups in total. The number of carbonyl (C=O) groups is 2. The number of nitrogens with zero attached hydrogens (tertiary/aromatic N) is 2. The van der Waals surface area contributed by atoms with Crippen molar-refractivity contribution in [1.29, 1.82) is 0 Å². The monoisotopic (exact) mass is 429 g/mol. The first-order chi connectivity index (χ1) is 15.7. The summed E-state index contributed by atoms with van der Waals surface area (Å²) >= 11 is 0. The van der Waals surface area contributed by atoms with Crippen molar-refractivity contribution in [3.05, 3.63) is 82.7 Å². The van der Waals surface area contributed by atoms with Crippen LogP contribution in [-0.4, -0.2) is 39.8 Å². The summed E-state index contributed by atoms with van der Waals surface area (Å²) in [6.07, 6.45) is 6.95. The molecule has 0 amide bonds. The number of aromatic amines is 1. The molecule has 0 fully saturated rings. The maximum Gasteiger partial charge on any atom is 0.347 e. The Morgan fingerprint density at radius 3 is 2.94 bits per heavy atom. The highest BCUT2D eigenvalue weighted by molar-refractivity contribution is 6.26. The molecule has 0 unspecified atom stereocenters. The minimum Gasteiger partial charge on any atom is -0.462 e. The molecule has 0 bridgehead atoms. The lowest BCUT2D eigenvalue weighted by Gasteiger charge is -2.23.